The number of nitrogens with one attached hydrogen (secondary N) is 2. The lowest BCUT2D eigenvalue weighted by Gasteiger charge is -2.27. The molecule has 0 saturated carbocycles. The maximum Gasteiger partial charge on any atom is 0.262 e. The highest BCUT2D eigenvalue weighted by molar-refractivity contribution is 6.23. The summed E-state index contributed by atoms with van der Waals surface area (Å²) in [5.74, 6) is -1.19. The summed E-state index contributed by atoms with van der Waals surface area (Å²) in [5.41, 5.74) is 6.61. The monoisotopic (exact) mass is 659 g/mol. The van der Waals surface area contributed by atoms with Gasteiger partial charge in [-0.05, 0) is 83.1 Å². The van der Waals surface area contributed by atoms with Crippen LogP contribution in [-0.2, 0) is 14.3 Å². The van der Waals surface area contributed by atoms with Gasteiger partial charge in [-0.1, -0.05) is 61.5 Å². The van der Waals surface area contributed by atoms with Crippen molar-refractivity contribution >= 4 is 40.5 Å². The van der Waals surface area contributed by atoms with Crippen molar-refractivity contribution < 1.29 is 33.8 Å². The standard InChI is InChI=1S/C39H37N3O7/c1-2-31(25-6-4-3-5-7-25)36(26-8-13-29(43)14-9-26)27-10-15-30(16-11-27)49-23-22-48-21-20-40-28-12-17-32-33(24-28)39(47)42(38(32)46)34-18-19-35(44)41-37(34)45/h3-17,24,34,40,43H,2,18-23H2,1H3,(H,41,44,45)/b36-31-. The summed E-state index contributed by atoms with van der Waals surface area (Å²) >= 11 is 0. The maximum atomic E-state index is 13.0. The van der Waals surface area contributed by atoms with E-state index in [-0.39, 0.29) is 29.7 Å². The van der Waals surface area contributed by atoms with Gasteiger partial charge in [0.25, 0.3) is 11.8 Å². The van der Waals surface area contributed by atoms with Crippen LogP contribution in [0, 0.1) is 0 Å². The molecule has 49 heavy (non-hydrogen) atoms. The molecule has 10 nitrogen and oxygen atoms in total. The van der Waals surface area contributed by atoms with Crippen molar-refractivity contribution in [2.45, 2.75) is 32.2 Å². The van der Waals surface area contributed by atoms with Crippen molar-refractivity contribution in [2.75, 3.05) is 31.7 Å². The van der Waals surface area contributed by atoms with E-state index < -0.39 is 29.7 Å². The molecule has 2 aliphatic rings. The normalized spacial score (nSPS) is 16.3. The van der Waals surface area contributed by atoms with Crippen molar-refractivity contribution in [1.82, 2.24) is 10.2 Å². The van der Waals surface area contributed by atoms with Crippen molar-refractivity contribution in [1.29, 1.82) is 0 Å². The number of aromatic hydroxyl groups is 1. The molecule has 250 valence electrons. The number of hydrogen-bond donors (Lipinski definition) is 3. The molecule has 2 aliphatic heterocycles. The minimum absolute atomic E-state index is 0.0729. The quantitative estimate of drug-likeness (QED) is 0.0950. The molecule has 4 aromatic carbocycles. The predicted molar refractivity (Wildman–Crippen MR) is 185 cm³/mol. The van der Waals surface area contributed by atoms with Gasteiger partial charge in [0.05, 0.1) is 24.3 Å². The number of carbonyl (C=O) groups is 4. The van der Waals surface area contributed by atoms with Crippen molar-refractivity contribution in [3.63, 3.8) is 0 Å². The number of hydrogen-bond acceptors (Lipinski definition) is 8. The summed E-state index contributed by atoms with van der Waals surface area (Å²) in [4.78, 5) is 50.7. The SMILES string of the molecule is CC/C(=C(\c1ccc(O)cc1)c1ccc(OCCOCCNc2ccc3c(c2)C(=O)N(C2CCC(=O)NC2=O)C3=O)cc1)c1ccccc1. The van der Waals surface area contributed by atoms with Crippen LogP contribution in [0.15, 0.2) is 97.1 Å². The number of ether oxygens (including phenoxy) is 2. The van der Waals surface area contributed by atoms with E-state index in [2.05, 4.69) is 29.7 Å². The first-order chi connectivity index (χ1) is 23.8. The Kier molecular flexibility index (Phi) is 10.2. The molecule has 0 bridgehead atoms. The Morgan fingerprint density at radius 2 is 1.51 bits per heavy atom. The van der Waals surface area contributed by atoms with E-state index in [4.69, 9.17) is 9.47 Å². The van der Waals surface area contributed by atoms with Gasteiger partial charge < -0.3 is 19.9 Å². The van der Waals surface area contributed by atoms with E-state index >= 15 is 0 Å². The number of imide groups is 2. The Morgan fingerprint density at radius 3 is 2.20 bits per heavy atom. The van der Waals surface area contributed by atoms with Crippen LogP contribution in [-0.4, -0.2) is 66.0 Å². The predicted octanol–water partition coefficient (Wildman–Crippen LogP) is 5.67. The summed E-state index contributed by atoms with van der Waals surface area (Å²) in [5, 5.41) is 15.3. The van der Waals surface area contributed by atoms with Crippen LogP contribution in [0.2, 0.25) is 0 Å². The minimum atomic E-state index is -0.997. The number of allylic oxidation sites excluding steroid dienone is 1. The Morgan fingerprint density at radius 1 is 0.816 bits per heavy atom. The molecule has 10 heteroatoms. The summed E-state index contributed by atoms with van der Waals surface area (Å²) in [6.07, 6.45) is 1.02. The Hall–Kier alpha value is -5.74. The van der Waals surface area contributed by atoms with Gasteiger partial charge in [-0.25, -0.2) is 0 Å². The first-order valence-electron chi connectivity index (χ1n) is 16.3. The van der Waals surface area contributed by atoms with Crippen LogP contribution in [0.1, 0.15) is 63.6 Å². The maximum absolute atomic E-state index is 13.0. The number of piperidine rings is 1. The molecule has 1 fully saturated rings. The Bertz CT molecular complexity index is 1890. The topological polar surface area (TPSA) is 134 Å². The molecule has 0 radical (unpaired) electrons. The van der Waals surface area contributed by atoms with Crippen LogP contribution in [0.25, 0.3) is 11.1 Å². The number of fused-ring (bicyclic) bond motifs is 1. The summed E-state index contributed by atoms with van der Waals surface area (Å²) in [6.45, 7) is 3.71. The summed E-state index contributed by atoms with van der Waals surface area (Å²) in [7, 11) is 0. The molecule has 4 amide bonds. The van der Waals surface area contributed by atoms with Gasteiger partial charge in [-0.15, -0.1) is 0 Å². The molecule has 2 heterocycles. The fourth-order valence-corrected chi connectivity index (χ4v) is 6.19. The van der Waals surface area contributed by atoms with E-state index in [0.717, 1.165) is 39.3 Å². The second-order valence-corrected chi connectivity index (χ2v) is 11.7. The molecular weight excluding hydrogens is 622 g/mol. The number of rotatable bonds is 13. The van der Waals surface area contributed by atoms with Crippen LogP contribution in [0.5, 0.6) is 11.5 Å². The average Bonchev–Trinajstić information content (AvgIpc) is 3.36. The summed E-state index contributed by atoms with van der Waals surface area (Å²) in [6, 6.07) is 29.4. The molecule has 1 saturated heterocycles. The number of phenols is 1. The zero-order valence-corrected chi connectivity index (χ0v) is 27.1. The van der Waals surface area contributed by atoms with E-state index in [1.165, 1.54) is 5.57 Å². The van der Waals surface area contributed by atoms with Gasteiger partial charge in [0.1, 0.15) is 24.1 Å². The van der Waals surface area contributed by atoms with Crippen LogP contribution >= 0.6 is 0 Å². The number of amides is 4. The molecule has 0 aliphatic carbocycles. The first-order valence-corrected chi connectivity index (χ1v) is 16.3. The van der Waals surface area contributed by atoms with Gasteiger partial charge in [0.15, 0.2) is 0 Å². The molecule has 1 atom stereocenters. The number of nitrogens with zero attached hydrogens (tertiary/aromatic N) is 1. The fraction of sp³-hybridized carbons (Fsp3) is 0.231. The van der Waals surface area contributed by atoms with Crippen molar-refractivity contribution in [2.24, 2.45) is 0 Å². The van der Waals surface area contributed by atoms with Crippen molar-refractivity contribution in [3.05, 3.63) is 125 Å². The van der Waals surface area contributed by atoms with Gasteiger partial charge in [-0.2, -0.15) is 0 Å². The van der Waals surface area contributed by atoms with Crippen LogP contribution in [0.3, 0.4) is 0 Å². The van der Waals surface area contributed by atoms with Gasteiger partial charge >= 0.3 is 0 Å². The van der Waals surface area contributed by atoms with E-state index in [0.29, 0.717) is 32.1 Å². The molecule has 0 spiro atoms. The smallest absolute Gasteiger partial charge is 0.262 e. The highest BCUT2D eigenvalue weighted by Crippen LogP contribution is 2.36. The zero-order chi connectivity index (χ0) is 34.3. The molecule has 0 aromatic heterocycles. The van der Waals surface area contributed by atoms with Gasteiger partial charge in [0, 0.05) is 18.7 Å². The number of anilines is 1. The second-order valence-electron chi connectivity index (χ2n) is 11.7. The lowest BCUT2D eigenvalue weighted by atomic mass is 9.88. The zero-order valence-electron chi connectivity index (χ0n) is 27.1. The van der Waals surface area contributed by atoms with Gasteiger partial charge in [-0.3, -0.25) is 29.4 Å². The fourth-order valence-electron chi connectivity index (χ4n) is 6.19. The van der Waals surface area contributed by atoms with E-state index in [1.807, 2.05) is 54.6 Å². The molecule has 3 N–H and O–H groups in total. The minimum Gasteiger partial charge on any atom is -0.508 e. The molecule has 6 rings (SSSR count). The highest BCUT2D eigenvalue weighted by atomic mass is 16.5. The largest absolute Gasteiger partial charge is 0.508 e. The third-order valence-corrected chi connectivity index (χ3v) is 8.59. The molecular formula is C39H37N3O7. The number of phenolic OH excluding ortho intramolecular Hbond substituents is 1. The average molecular weight is 660 g/mol. The summed E-state index contributed by atoms with van der Waals surface area (Å²) < 4.78 is 11.7. The first kappa shape index (κ1) is 33.2. The van der Waals surface area contributed by atoms with E-state index in [1.54, 1.807) is 30.3 Å². The Labute approximate surface area is 284 Å². The second kappa shape index (κ2) is 15.0. The lowest BCUT2D eigenvalue weighted by Crippen LogP contribution is -2.54. The number of carbonyl (C=O) groups excluding carboxylic acids is 4. The third kappa shape index (κ3) is 7.39. The van der Waals surface area contributed by atoms with Crippen molar-refractivity contribution in [3.8, 4) is 11.5 Å². The number of benzene rings is 4. The van der Waals surface area contributed by atoms with E-state index in [9.17, 15) is 24.3 Å². The van der Waals surface area contributed by atoms with Crippen LogP contribution in [0.4, 0.5) is 5.69 Å². The Balaban J connectivity index is 0.995. The third-order valence-electron chi connectivity index (χ3n) is 8.59. The van der Waals surface area contributed by atoms with Crippen LogP contribution < -0.4 is 15.4 Å². The molecule has 4 aromatic rings. The lowest BCUT2D eigenvalue weighted by molar-refractivity contribution is -0.136. The molecule has 1 unspecified atom stereocenters. The van der Waals surface area contributed by atoms with Gasteiger partial charge in [0.2, 0.25) is 11.8 Å². The highest BCUT2D eigenvalue weighted by Gasteiger charge is 2.44.